The van der Waals surface area contributed by atoms with Crippen molar-refractivity contribution in [1.82, 2.24) is 0 Å². The van der Waals surface area contributed by atoms with Gasteiger partial charge in [0.2, 0.25) is 0 Å². The number of aliphatic hydroxyl groups excluding tert-OH is 2. The Balaban J connectivity index is 1.63. The second-order valence-electron chi connectivity index (χ2n) is 10.7. The molecule has 0 heterocycles. The zero-order valence-electron chi connectivity index (χ0n) is 19.4. The van der Waals surface area contributed by atoms with Crippen LogP contribution in [0.1, 0.15) is 85.5 Å². The maximum absolute atomic E-state index is 9.96. The zero-order valence-corrected chi connectivity index (χ0v) is 20.2. The summed E-state index contributed by atoms with van der Waals surface area (Å²) in [4.78, 5) is 0. The fourth-order valence-corrected chi connectivity index (χ4v) is 7.08. The predicted octanol–water partition coefficient (Wildman–Crippen LogP) is 5.55. The van der Waals surface area contributed by atoms with Crippen LogP contribution in [0.15, 0.2) is 34.9 Å². The van der Waals surface area contributed by atoms with Crippen molar-refractivity contribution in [2.45, 2.75) is 109 Å². The van der Waals surface area contributed by atoms with E-state index in [9.17, 15) is 15.3 Å². The Hall–Kier alpha value is -0.550. The molecule has 0 bridgehead atoms. The van der Waals surface area contributed by atoms with Gasteiger partial charge in [-0.25, -0.2) is 0 Å². The standard InChI is InChI=1S/C26H42O3S/c1-18(30-14-6-12-25(2,3)29)23-10-11-24-20(7-5-13-26(23,24)4)9-8-19-15-21(27)17-22(28)16-19/h8-10,18,21-22,24,27-29H,5-7,11-17H2,1-4H3/b20-9+/t18-,21-,22-,24+,26-/m1/s1. The summed E-state index contributed by atoms with van der Waals surface area (Å²) in [6.45, 7) is 8.62. The quantitative estimate of drug-likeness (QED) is 0.363. The maximum Gasteiger partial charge on any atom is 0.0602 e. The highest BCUT2D eigenvalue weighted by Crippen LogP contribution is 2.56. The molecule has 5 atom stereocenters. The Kier molecular flexibility index (Phi) is 7.98. The van der Waals surface area contributed by atoms with Gasteiger partial charge >= 0.3 is 0 Å². The summed E-state index contributed by atoms with van der Waals surface area (Å²) in [6, 6.07) is 0. The van der Waals surface area contributed by atoms with Crippen molar-refractivity contribution in [2.75, 3.05) is 5.75 Å². The number of hydrogen-bond acceptors (Lipinski definition) is 4. The molecule has 3 aliphatic carbocycles. The second kappa shape index (κ2) is 9.94. The van der Waals surface area contributed by atoms with Crippen molar-refractivity contribution in [1.29, 1.82) is 0 Å². The van der Waals surface area contributed by atoms with Crippen molar-refractivity contribution in [3.63, 3.8) is 0 Å². The van der Waals surface area contributed by atoms with Crippen LogP contribution in [-0.2, 0) is 0 Å². The molecule has 0 aromatic carbocycles. The molecule has 3 rings (SSSR count). The molecule has 3 N–H and O–H groups in total. The zero-order chi connectivity index (χ0) is 21.9. The van der Waals surface area contributed by atoms with Crippen LogP contribution in [0.25, 0.3) is 0 Å². The number of aliphatic hydroxyl groups is 3. The Morgan fingerprint density at radius 2 is 1.93 bits per heavy atom. The minimum absolute atomic E-state index is 0.261. The Morgan fingerprint density at radius 1 is 1.23 bits per heavy atom. The normalized spacial score (nSPS) is 34.6. The number of thioether (sulfide) groups is 1. The van der Waals surface area contributed by atoms with Crippen LogP contribution in [0.5, 0.6) is 0 Å². The molecule has 0 spiro atoms. The van der Waals surface area contributed by atoms with Crippen LogP contribution >= 0.6 is 11.8 Å². The lowest BCUT2D eigenvalue weighted by molar-refractivity contribution is 0.0609. The van der Waals surface area contributed by atoms with Gasteiger partial charge < -0.3 is 15.3 Å². The molecule has 0 unspecified atom stereocenters. The summed E-state index contributed by atoms with van der Waals surface area (Å²) in [7, 11) is 0. The topological polar surface area (TPSA) is 60.7 Å². The number of rotatable bonds is 7. The Bertz CT molecular complexity index is 675. The summed E-state index contributed by atoms with van der Waals surface area (Å²) < 4.78 is 0. The minimum atomic E-state index is -0.560. The number of allylic oxidation sites excluding steroid dienone is 4. The molecule has 0 saturated heterocycles. The first-order valence-electron chi connectivity index (χ1n) is 11.9. The molecule has 0 aromatic rings. The molecule has 3 nitrogen and oxygen atoms in total. The highest BCUT2D eigenvalue weighted by atomic mass is 32.2. The molecular formula is C26H42O3S. The summed E-state index contributed by atoms with van der Waals surface area (Å²) >= 11 is 2.04. The molecule has 170 valence electrons. The van der Waals surface area contributed by atoms with Gasteiger partial charge in [0.1, 0.15) is 0 Å². The van der Waals surface area contributed by atoms with Gasteiger partial charge in [0.05, 0.1) is 17.8 Å². The smallest absolute Gasteiger partial charge is 0.0602 e. The van der Waals surface area contributed by atoms with E-state index in [0.717, 1.165) is 25.0 Å². The van der Waals surface area contributed by atoms with Gasteiger partial charge in [-0.2, -0.15) is 11.8 Å². The van der Waals surface area contributed by atoms with E-state index < -0.39 is 17.8 Å². The minimum Gasteiger partial charge on any atom is -0.393 e. The van der Waals surface area contributed by atoms with E-state index in [1.165, 1.54) is 24.8 Å². The fraction of sp³-hybridized carbons (Fsp3) is 0.769. The summed E-state index contributed by atoms with van der Waals surface area (Å²) in [5.41, 5.74) is 4.06. The summed E-state index contributed by atoms with van der Waals surface area (Å²) in [5.74, 6) is 1.69. The monoisotopic (exact) mass is 434 g/mol. The first-order valence-corrected chi connectivity index (χ1v) is 12.9. The van der Waals surface area contributed by atoms with Crippen LogP contribution in [0, 0.1) is 11.3 Å². The van der Waals surface area contributed by atoms with Crippen molar-refractivity contribution in [2.24, 2.45) is 11.3 Å². The third-order valence-electron chi connectivity index (χ3n) is 7.42. The third kappa shape index (κ3) is 6.03. The fourth-order valence-electron chi connectivity index (χ4n) is 5.87. The van der Waals surface area contributed by atoms with Crippen LogP contribution < -0.4 is 0 Å². The molecule has 0 radical (unpaired) electrons. The van der Waals surface area contributed by atoms with Gasteiger partial charge in [0, 0.05) is 5.25 Å². The lowest BCUT2D eigenvalue weighted by atomic mass is 9.64. The van der Waals surface area contributed by atoms with Crippen molar-refractivity contribution < 1.29 is 15.3 Å². The molecule has 30 heavy (non-hydrogen) atoms. The van der Waals surface area contributed by atoms with Crippen molar-refractivity contribution >= 4 is 11.8 Å². The van der Waals surface area contributed by atoms with Crippen LogP contribution in [0.2, 0.25) is 0 Å². The van der Waals surface area contributed by atoms with Gasteiger partial charge in [-0.15, -0.1) is 0 Å². The molecule has 0 aromatic heterocycles. The van der Waals surface area contributed by atoms with E-state index in [1.807, 2.05) is 25.6 Å². The Morgan fingerprint density at radius 3 is 2.60 bits per heavy atom. The summed E-state index contributed by atoms with van der Waals surface area (Å²) in [5, 5.41) is 30.4. The predicted molar refractivity (Wildman–Crippen MR) is 128 cm³/mol. The molecule has 0 aliphatic heterocycles. The second-order valence-corrected chi connectivity index (χ2v) is 12.1. The lowest BCUT2D eigenvalue weighted by Gasteiger charge is -2.42. The van der Waals surface area contributed by atoms with Crippen LogP contribution in [-0.4, -0.2) is 44.1 Å². The number of hydrogen-bond donors (Lipinski definition) is 3. The van der Waals surface area contributed by atoms with Crippen LogP contribution in [0.4, 0.5) is 0 Å². The highest BCUT2D eigenvalue weighted by molar-refractivity contribution is 8.00. The van der Waals surface area contributed by atoms with Gasteiger partial charge in [-0.1, -0.05) is 41.9 Å². The Labute approximate surface area is 187 Å². The van der Waals surface area contributed by atoms with Gasteiger partial charge in [0.25, 0.3) is 0 Å². The first kappa shape index (κ1) is 24.1. The SMILES string of the molecule is C[C@@H](SCCCC(C)(C)O)C1=CC[C@H]2/C(=C/C=C3C[C@@H](O)C[C@H](O)C3)CCC[C@]12C. The third-order valence-corrected chi connectivity index (χ3v) is 8.70. The molecule has 2 saturated carbocycles. The average Bonchev–Trinajstić information content (AvgIpc) is 2.99. The summed E-state index contributed by atoms with van der Waals surface area (Å²) in [6.07, 6.45) is 14.9. The lowest BCUT2D eigenvalue weighted by Crippen LogP contribution is -2.33. The van der Waals surface area contributed by atoms with E-state index in [4.69, 9.17) is 0 Å². The van der Waals surface area contributed by atoms with Gasteiger partial charge in [-0.05, 0) is 95.6 Å². The molecule has 4 heteroatoms. The van der Waals surface area contributed by atoms with E-state index in [1.54, 1.807) is 11.1 Å². The van der Waals surface area contributed by atoms with E-state index >= 15 is 0 Å². The molecule has 3 aliphatic rings. The molecular weight excluding hydrogens is 392 g/mol. The van der Waals surface area contributed by atoms with E-state index in [2.05, 4.69) is 32.1 Å². The molecule has 0 amide bonds. The van der Waals surface area contributed by atoms with Gasteiger partial charge in [0.15, 0.2) is 0 Å². The highest BCUT2D eigenvalue weighted by Gasteiger charge is 2.46. The van der Waals surface area contributed by atoms with Crippen molar-refractivity contribution in [3.8, 4) is 0 Å². The maximum atomic E-state index is 9.96. The largest absolute Gasteiger partial charge is 0.393 e. The van der Waals surface area contributed by atoms with E-state index in [-0.39, 0.29) is 5.41 Å². The average molecular weight is 435 g/mol. The first-order chi connectivity index (χ1) is 14.1. The molecule has 2 fully saturated rings. The number of fused-ring (bicyclic) bond motifs is 1. The van der Waals surface area contributed by atoms with Crippen LogP contribution in [0.3, 0.4) is 0 Å². The van der Waals surface area contributed by atoms with Crippen molar-refractivity contribution in [3.05, 3.63) is 34.9 Å². The van der Waals surface area contributed by atoms with Gasteiger partial charge in [-0.3, -0.25) is 0 Å². The van der Waals surface area contributed by atoms with E-state index in [0.29, 0.717) is 30.4 Å².